The first-order chi connectivity index (χ1) is 8.31. The summed E-state index contributed by atoms with van der Waals surface area (Å²) in [5.74, 6) is 0. The molecule has 3 rings (SSSR count). The smallest absolute Gasteiger partial charge is 0.0946 e. The van der Waals surface area contributed by atoms with Crippen molar-refractivity contribution in [2.75, 3.05) is 13.6 Å². The van der Waals surface area contributed by atoms with E-state index in [1.165, 1.54) is 25.7 Å². The van der Waals surface area contributed by atoms with Crippen molar-refractivity contribution in [2.45, 2.75) is 50.4 Å². The topological polar surface area (TPSA) is 33.1 Å². The summed E-state index contributed by atoms with van der Waals surface area (Å²) in [6.45, 7) is 2.18. The molecule has 2 bridgehead atoms. The molecule has 0 aromatic carbocycles. The molecule has 2 atom stereocenters. The minimum absolute atomic E-state index is 0.775. The summed E-state index contributed by atoms with van der Waals surface area (Å²) < 4.78 is 2.16. The van der Waals surface area contributed by atoms with Crippen molar-refractivity contribution >= 4 is 0 Å². The lowest BCUT2D eigenvalue weighted by atomic mass is 9.98. The van der Waals surface area contributed by atoms with Crippen LogP contribution in [0.4, 0.5) is 0 Å². The Hall–Kier alpha value is -0.870. The Morgan fingerprint density at radius 3 is 2.76 bits per heavy atom. The molecule has 2 aliphatic heterocycles. The zero-order valence-electron chi connectivity index (χ0n) is 10.5. The van der Waals surface area contributed by atoms with Crippen LogP contribution in [-0.2, 0) is 6.54 Å². The fourth-order valence-electron chi connectivity index (χ4n) is 3.26. The van der Waals surface area contributed by atoms with Crippen molar-refractivity contribution in [2.24, 2.45) is 0 Å². The predicted molar refractivity (Wildman–Crippen MR) is 67.8 cm³/mol. The lowest BCUT2D eigenvalue weighted by Gasteiger charge is -2.35. The molecule has 1 N–H and O–H groups in total. The highest BCUT2D eigenvalue weighted by molar-refractivity contribution is 4.95. The van der Waals surface area contributed by atoms with Gasteiger partial charge in [-0.25, -0.2) is 4.98 Å². The van der Waals surface area contributed by atoms with E-state index in [4.69, 9.17) is 0 Å². The number of fused-ring (bicyclic) bond motifs is 2. The molecule has 17 heavy (non-hydrogen) atoms. The summed E-state index contributed by atoms with van der Waals surface area (Å²) in [5.41, 5.74) is 0. The Morgan fingerprint density at radius 1 is 1.35 bits per heavy atom. The van der Waals surface area contributed by atoms with Crippen molar-refractivity contribution in [1.29, 1.82) is 0 Å². The SMILES string of the molecule is CN(CCn1ccnc1)C1CC2CCC(C1)N2. The molecule has 2 saturated heterocycles. The summed E-state index contributed by atoms with van der Waals surface area (Å²) >= 11 is 0. The van der Waals surface area contributed by atoms with Crippen LogP contribution >= 0.6 is 0 Å². The molecule has 2 aliphatic rings. The number of nitrogens with zero attached hydrogens (tertiary/aromatic N) is 3. The van der Waals surface area contributed by atoms with Crippen LogP contribution in [0.3, 0.4) is 0 Å². The van der Waals surface area contributed by atoms with Crippen molar-refractivity contribution in [1.82, 2.24) is 19.8 Å². The van der Waals surface area contributed by atoms with Crippen LogP contribution in [-0.4, -0.2) is 46.2 Å². The van der Waals surface area contributed by atoms with E-state index in [1.54, 1.807) is 0 Å². The molecule has 94 valence electrons. The van der Waals surface area contributed by atoms with Gasteiger partial charge in [0.15, 0.2) is 0 Å². The normalized spacial score (nSPS) is 32.2. The van der Waals surface area contributed by atoms with Crippen LogP contribution in [0.15, 0.2) is 18.7 Å². The standard InChI is InChI=1S/C13H22N4/c1-16(6-7-17-5-4-14-10-17)13-8-11-2-3-12(9-13)15-11/h4-5,10-13,15H,2-3,6-9H2,1H3. The molecule has 0 aliphatic carbocycles. The van der Waals surface area contributed by atoms with Gasteiger partial charge in [-0.05, 0) is 32.7 Å². The second-order valence-corrected chi connectivity index (χ2v) is 5.54. The van der Waals surface area contributed by atoms with Gasteiger partial charge in [0.05, 0.1) is 6.33 Å². The van der Waals surface area contributed by atoms with Gasteiger partial charge in [-0.3, -0.25) is 0 Å². The number of rotatable bonds is 4. The molecule has 3 heterocycles. The molecule has 1 aromatic rings. The highest BCUT2D eigenvalue weighted by atomic mass is 15.2. The summed E-state index contributed by atoms with van der Waals surface area (Å²) in [4.78, 5) is 6.62. The van der Waals surface area contributed by atoms with E-state index in [-0.39, 0.29) is 0 Å². The fraction of sp³-hybridized carbons (Fsp3) is 0.769. The third kappa shape index (κ3) is 2.53. The van der Waals surface area contributed by atoms with Gasteiger partial charge in [0.25, 0.3) is 0 Å². The van der Waals surface area contributed by atoms with Gasteiger partial charge >= 0.3 is 0 Å². The maximum absolute atomic E-state index is 4.08. The van der Waals surface area contributed by atoms with E-state index in [2.05, 4.69) is 26.8 Å². The largest absolute Gasteiger partial charge is 0.336 e. The second-order valence-electron chi connectivity index (χ2n) is 5.54. The molecule has 2 fully saturated rings. The van der Waals surface area contributed by atoms with E-state index in [0.717, 1.165) is 31.2 Å². The molecular weight excluding hydrogens is 212 g/mol. The number of hydrogen-bond acceptors (Lipinski definition) is 3. The first-order valence-corrected chi connectivity index (χ1v) is 6.73. The Balaban J connectivity index is 1.50. The van der Waals surface area contributed by atoms with Gasteiger partial charge in [-0.2, -0.15) is 0 Å². The number of likely N-dealkylation sites (N-methyl/N-ethyl adjacent to an activating group) is 1. The fourth-order valence-corrected chi connectivity index (χ4v) is 3.26. The van der Waals surface area contributed by atoms with Crippen LogP contribution in [0.25, 0.3) is 0 Å². The number of hydrogen-bond donors (Lipinski definition) is 1. The van der Waals surface area contributed by atoms with E-state index >= 15 is 0 Å². The Morgan fingerprint density at radius 2 is 2.12 bits per heavy atom. The maximum atomic E-state index is 4.08. The summed E-state index contributed by atoms with van der Waals surface area (Å²) in [6.07, 6.45) is 11.2. The molecule has 0 radical (unpaired) electrons. The zero-order valence-corrected chi connectivity index (χ0v) is 10.5. The maximum Gasteiger partial charge on any atom is 0.0946 e. The monoisotopic (exact) mass is 234 g/mol. The van der Waals surface area contributed by atoms with E-state index < -0.39 is 0 Å². The Kier molecular flexibility index (Phi) is 3.16. The Labute approximate surface area is 103 Å². The number of aromatic nitrogens is 2. The minimum atomic E-state index is 0.775. The van der Waals surface area contributed by atoms with Crippen molar-refractivity contribution in [3.63, 3.8) is 0 Å². The van der Waals surface area contributed by atoms with Gasteiger partial charge < -0.3 is 14.8 Å². The van der Waals surface area contributed by atoms with E-state index in [0.29, 0.717) is 0 Å². The third-order valence-corrected chi connectivity index (χ3v) is 4.34. The van der Waals surface area contributed by atoms with Crippen molar-refractivity contribution in [3.05, 3.63) is 18.7 Å². The first kappa shape index (κ1) is 11.2. The van der Waals surface area contributed by atoms with Crippen LogP contribution in [0, 0.1) is 0 Å². The molecule has 1 aromatic heterocycles. The van der Waals surface area contributed by atoms with Gasteiger partial charge in [0, 0.05) is 43.6 Å². The summed E-state index contributed by atoms with van der Waals surface area (Å²) in [5, 5.41) is 3.70. The second kappa shape index (κ2) is 4.78. The summed E-state index contributed by atoms with van der Waals surface area (Å²) in [6, 6.07) is 2.35. The van der Waals surface area contributed by atoms with Gasteiger partial charge in [-0.1, -0.05) is 0 Å². The van der Waals surface area contributed by atoms with Crippen LogP contribution in [0.5, 0.6) is 0 Å². The number of imidazole rings is 1. The molecule has 0 spiro atoms. The van der Waals surface area contributed by atoms with E-state index in [1.807, 2.05) is 18.7 Å². The average Bonchev–Trinajstić information content (AvgIpc) is 2.96. The highest BCUT2D eigenvalue weighted by Gasteiger charge is 2.34. The first-order valence-electron chi connectivity index (χ1n) is 6.73. The molecule has 4 nitrogen and oxygen atoms in total. The molecule has 2 unspecified atom stereocenters. The highest BCUT2D eigenvalue weighted by Crippen LogP contribution is 2.29. The lowest BCUT2D eigenvalue weighted by molar-refractivity contribution is 0.167. The predicted octanol–water partition coefficient (Wildman–Crippen LogP) is 1.10. The van der Waals surface area contributed by atoms with E-state index in [9.17, 15) is 0 Å². The minimum Gasteiger partial charge on any atom is -0.336 e. The quantitative estimate of drug-likeness (QED) is 0.847. The molecule has 0 amide bonds. The van der Waals surface area contributed by atoms with Crippen LogP contribution in [0.1, 0.15) is 25.7 Å². The number of piperidine rings is 1. The Bertz CT molecular complexity index is 336. The van der Waals surface area contributed by atoms with Crippen LogP contribution < -0.4 is 5.32 Å². The number of nitrogens with one attached hydrogen (secondary N) is 1. The van der Waals surface area contributed by atoms with Gasteiger partial charge in [0.2, 0.25) is 0 Å². The van der Waals surface area contributed by atoms with Crippen molar-refractivity contribution < 1.29 is 0 Å². The average molecular weight is 234 g/mol. The van der Waals surface area contributed by atoms with Gasteiger partial charge in [0.1, 0.15) is 0 Å². The van der Waals surface area contributed by atoms with Crippen LogP contribution in [0.2, 0.25) is 0 Å². The van der Waals surface area contributed by atoms with Crippen molar-refractivity contribution in [3.8, 4) is 0 Å². The molecular formula is C13H22N4. The summed E-state index contributed by atoms with van der Waals surface area (Å²) in [7, 11) is 2.27. The lowest BCUT2D eigenvalue weighted by Crippen LogP contribution is -2.47. The van der Waals surface area contributed by atoms with Gasteiger partial charge in [-0.15, -0.1) is 0 Å². The third-order valence-electron chi connectivity index (χ3n) is 4.34. The molecule has 0 saturated carbocycles. The molecule has 4 heteroatoms. The zero-order chi connectivity index (χ0) is 11.7.